The minimum Gasteiger partial charge on any atom is -0.466 e. The van der Waals surface area contributed by atoms with Gasteiger partial charge in [0.15, 0.2) is 5.96 Å². The number of nitrogens with one attached hydrogen (secondary N) is 1. The molecular weight excluding hydrogens is 332 g/mol. The van der Waals surface area contributed by atoms with Crippen molar-refractivity contribution in [3.05, 3.63) is 17.8 Å². The molecule has 0 spiro atoms. The summed E-state index contributed by atoms with van der Waals surface area (Å²) < 4.78 is 10.9. The van der Waals surface area contributed by atoms with Crippen LogP contribution in [0.1, 0.15) is 59.1 Å². The first-order valence-corrected chi connectivity index (χ1v) is 9.50. The first-order chi connectivity index (χ1) is 12.3. The molecule has 0 amide bonds. The summed E-state index contributed by atoms with van der Waals surface area (Å²) in [6.45, 7) is 13.4. The zero-order valence-corrected chi connectivity index (χ0v) is 16.7. The molecule has 146 valence electrons. The van der Waals surface area contributed by atoms with Gasteiger partial charge < -0.3 is 19.4 Å². The number of nitrogens with zero attached hydrogens (tertiary/aromatic N) is 3. The summed E-state index contributed by atoms with van der Waals surface area (Å²) in [6, 6.07) is 0. The summed E-state index contributed by atoms with van der Waals surface area (Å²) in [5.41, 5.74) is -0.0611. The number of aromatic nitrogens is 1. The SMILES string of the molecule is CCNC(=NCc1ncc(C(C)(C)C)o1)N1CCC(C(=O)OCC)CC1. The number of guanidine groups is 1. The third-order valence-electron chi connectivity index (χ3n) is 4.41. The van der Waals surface area contributed by atoms with Crippen molar-refractivity contribution in [2.24, 2.45) is 10.9 Å². The first-order valence-electron chi connectivity index (χ1n) is 9.50. The molecule has 0 atom stereocenters. The van der Waals surface area contributed by atoms with E-state index in [9.17, 15) is 4.79 Å². The number of esters is 1. The molecule has 2 heterocycles. The molecule has 26 heavy (non-hydrogen) atoms. The Bertz CT molecular complexity index is 611. The van der Waals surface area contributed by atoms with Crippen molar-refractivity contribution in [3.8, 4) is 0 Å². The fourth-order valence-electron chi connectivity index (χ4n) is 2.89. The number of likely N-dealkylation sites (tertiary alicyclic amines) is 1. The van der Waals surface area contributed by atoms with Crippen LogP contribution in [0.4, 0.5) is 0 Å². The monoisotopic (exact) mass is 364 g/mol. The molecule has 0 bridgehead atoms. The van der Waals surface area contributed by atoms with Crippen molar-refractivity contribution in [2.75, 3.05) is 26.2 Å². The Hall–Kier alpha value is -2.05. The number of hydrogen-bond acceptors (Lipinski definition) is 5. The van der Waals surface area contributed by atoms with Gasteiger partial charge in [-0.3, -0.25) is 4.79 Å². The van der Waals surface area contributed by atoms with Gasteiger partial charge in [-0.2, -0.15) is 0 Å². The van der Waals surface area contributed by atoms with Crippen molar-refractivity contribution < 1.29 is 13.9 Å². The Kier molecular flexibility index (Phi) is 7.06. The molecule has 2 rings (SSSR count). The van der Waals surface area contributed by atoms with Crippen molar-refractivity contribution >= 4 is 11.9 Å². The Labute approximate surface area is 156 Å². The Balaban J connectivity index is 1.97. The maximum absolute atomic E-state index is 11.9. The highest BCUT2D eigenvalue weighted by Crippen LogP contribution is 2.23. The van der Waals surface area contributed by atoms with E-state index in [0.29, 0.717) is 19.0 Å². The van der Waals surface area contributed by atoms with Gasteiger partial charge in [-0.15, -0.1) is 0 Å². The largest absolute Gasteiger partial charge is 0.466 e. The van der Waals surface area contributed by atoms with Gasteiger partial charge in [0, 0.05) is 25.0 Å². The normalized spacial score (nSPS) is 16.7. The molecule has 7 heteroatoms. The van der Waals surface area contributed by atoms with Gasteiger partial charge in [0.2, 0.25) is 5.89 Å². The summed E-state index contributed by atoms with van der Waals surface area (Å²) in [7, 11) is 0. The van der Waals surface area contributed by atoms with E-state index in [2.05, 4.69) is 41.0 Å². The van der Waals surface area contributed by atoms with Gasteiger partial charge in [-0.05, 0) is 26.7 Å². The number of carbonyl (C=O) groups is 1. The molecule has 0 saturated carbocycles. The van der Waals surface area contributed by atoms with E-state index < -0.39 is 0 Å². The van der Waals surface area contributed by atoms with E-state index in [-0.39, 0.29) is 17.3 Å². The number of oxazole rings is 1. The van der Waals surface area contributed by atoms with Gasteiger partial charge in [0.05, 0.1) is 18.7 Å². The molecule has 1 N–H and O–H groups in total. The van der Waals surface area contributed by atoms with E-state index in [1.807, 2.05) is 13.8 Å². The fourth-order valence-corrected chi connectivity index (χ4v) is 2.89. The molecule has 0 radical (unpaired) electrons. The fraction of sp³-hybridized carbons (Fsp3) is 0.737. The summed E-state index contributed by atoms with van der Waals surface area (Å²) in [4.78, 5) is 23.1. The zero-order chi connectivity index (χ0) is 19.2. The molecule has 0 aromatic carbocycles. The third-order valence-corrected chi connectivity index (χ3v) is 4.41. The number of hydrogen-bond donors (Lipinski definition) is 1. The van der Waals surface area contributed by atoms with Gasteiger partial charge in [-0.25, -0.2) is 9.98 Å². The van der Waals surface area contributed by atoms with Gasteiger partial charge in [0.1, 0.15) is 12.3 Å². The summed E-state index contributed by atoms with van der Waals surface area (Å²) in [5.74, 6) is 2.23. The van der Waals surface area contributed by atoms with Crippen LogP contribution in [0.2, 0.25) is 0 Å². The van der Waals surface area contributed by atoms with Crippen LogP contribution in [0.5, 0.6) is 0 Å². The summed E-state index contributed by atoms with van der Waals surface area (Å²) >= 11 is 0. The minimum atomic E-state index is -0.0800. The van der Waals surface area contributed by atoms with E-state index in [4.69, 9.17) is 9.15 Å². The summed E-state index contributed by atoms with van der Waals surface area (Å²) in [5, 5.41) is 3.32. The molecule has 1 saturated heterocycles. The highest BCUT2D eigenvalue weighted by atomic mass is 16.5. The van der Waals surface area contributed by atoms with Crippen molar-refractivity contribution in [3.63, 3.8) is 0 Å². The van der Waals surface area contributed by atoms with Gasteiger partial charge >= 0.3 is 5.97 Å². The van der Waals surface area contributed by atoms with Crippen LogP contribution in [-0.2, 0) is 21.5 Å². The highest BCUT2D eigenvalue weighted by molar-refractivity contribution is 5.80. The lowest BCUT2D eigenvalue weighted by molar-refractivity contribution is -0.149. The van der Waals surface area contributed by atoms with Crippen molar-refractivity contribution in [1.82, 2.24) is 15.2 Å². The molecule has 1 fully saturated rings. The summed E-state index contributed by atoms with van der Waals surface area (Å²) in [6.07, 6.45) is 3.36. The quantitative estimate of drug-likeness (QED) is 0.492. The van der Waals surface area contributed by atoms with E-state index in [1.54, 1.807) is 6.20 Å². The lowest BCUT2D eigenvalue weighted by atomic mass is 9.94. The molecular formula is C19H32N4O3. The molecule has 0 aliphatic carbocycles. The highest BCUT2D eigenvalue weighted by Gasteiger charge is 2.27. The van der Waals surface area contributed by atoms with Crippen LogP contribution in [-0.4, -0.2) is 48.1 Å². The molecule has 7 nitrogen and oxygen atoms in total. The predicted octanol–water partition coefficient (Wildman–Crippen LogP) is 2.71. The van der Waals surface area contributed by atoms with Crippen LogP contribution < -0.4 is 5.32 Å². The van der Waals surface area contributed by atoms with E-state index >= 15 is 0 Å². The average molecular weight is 364 g/mol. The van der Waals surface area contributed by atoms with E-state index in [1.165, 1.54) is 0 Å². The Morgan fingerprint density at radius 3 is 2.62 bits per heavy atom. The minimum absolute atomic E-state index is 0.00448. The van der Waals surface area contributed by atoms with Crippen LogP contribution in [0.15, 0.2) is 15.6 Å². The average Bonchev–Trinajstić information content (AvgIpc) is 3.08. The standard InChI is InChI=1S/C19H32N4O3/c1-6-20-18(22-13-16-21-12-15(26-16)19(3,4)5)23-10-8-14(9-11-23)17(24)25-7-2/h12,14H,6-11,13H2,1-5H3,(H,20,22). The Morgan fingerprint density at radius 2 is 2.08 bits per heavy atom. The van der Waals surface area contributed by atoms with Gasteiger partial charge in [-0.1, -0.05) is 20.8 Å². The molecule has 1 aromatic rings. The molecule has 1 aliphatic heterocycles. The Morgan fingerprint density at radius 1 is 1.38 bits per heavy atom. The van der Waals surface area contributed by atoms with Crippen LogP contribution in [0, 0.1) is 5.92 Å². The second-order valence-corrected chi connectivity index (χ2v) is 7.55. The number of ether oxygens (including phenoxy) is 1. The van der Waals surface area contributed by atoms with Gasteiger partial charge in [0.25, 0.3) is 0 Å². The molecule has 1 aromatic heterocycles. The smallest absolute Gasteiger partial charge is 0.309 e. The molecule has 1 aliphatic rings. The maximum atomic E-state index is 11.9. The number of aliphatic imine (C=N–C) groups is 1. The number of rotatable bonds is 5. The number of piperidine rings is 1. The van der Waals surface area contributed by atoms with Crippen molar-refractivity contribution in [1.29, 1.82) is 0 Å². The van der Waals surface area contributed by atoms with Crippen LogP contribution in [0.3, 0.4) is 0 Å². The zero-order valence-electron chi connectivity index (χ0n) is 16.7. The first kappa shape index (κ1) is 20.3. The number of carbonyl (C=O) groups excluding carboxylic acids is 1. The van der Waals surface area contributed by atoms with Crippen molar-refractivity contribution in [2.45, 2.75) is 59.4 Å². The molecule has 0 unspecified atom stereocenters. The topological polar surface area (TPSA) is 80.0 Å². The maximum Gasteiger partial charge on any atom is 0.309 e. The van der Waals surface area contributed by atoms with E-state index in [0.717, 1.165) is 44.2 Å². The van der Waals surface area contributed by atoms with Crippen LogP contribution in [0.25, 0.3) is 0 Å². The van der Waals surface area contributed by atoms with Crippen LogP contribution >= 0.6 is 0 Å². The predicted molar refractivity (Wildman–Crippen MR) is 101 cm³/mol. The second kappa shape index (κ2) is 9.05. The lowest BCUT2D eigenvalue weighted by Crippen LogP contribution is -2.46. The second-order valence-electron chi connectivity index (χ2n) is 7.55. The third kappa shape index (κ3) is 5.47. The lowest BCUT2D eigenvalue weighted by Gasteiger charge is -2.33.